The number of aromatic carboxylic acids is 1. The second kappa shape index (κ2) is 3.81. The smallest absolute Gasteiger partial charge is 0.337 e. The normalized spacial score (nSPS) is 10.6. The lowest BCUT2D eigenvalue weighted by atomic mass is 10.2. The molecule has 0 aromatic carbocycles. The number of carboxylic acids is 1. The Kier molecular flexibility index (Phi) is 2.48. The lowest BCUT2D eigenvalue weighted by Gasteiger charge is -2.02. The molecule has 0 unspecified atom stereocenters. The van der Waals surface area contributed by atoms with Crippen LogP contribution in [0.15, 0.2) is 36.7 Å². The van der Waals surface area contributed by atoms with E-state index in [0.29, 0.717) is 17.6 Å². The predicted octanol–water partition coefficient (Wildman–Crippen LogP) is 2.31. The van der Waals surface area contributed by atoms with Crippen LogP contribution >= 0.6 is 0 Å². The molecule has 0 atom stereocenters. The van der Waals surface area contributed by atoms with Crippen molar-refractivity contribution < 1.29 is 9.90 Å². The van der Waals surface area contributed by atoms with Gasteiger partial charge in [0.15, 0.2) is 0 Å². The molecule has 0 radical (unpaired) electrons. The fraction of sp³-hybridized carbons (Fsp3) is 0.167. The standard InChI is InChI=1S/C12H12N2O2/c1-8(2)6-14-7-10(12(15)16)9-4-3-5-13-11(9)14/h3-5,7H,1,6H2,2H3,(H,15,16). The van der Waals surface area contributed by atoms with Gasteiger partial charge in [-0.25, -0.2) is 9.78 Å². The maximum Gasteiger partial charge on any atom is 0.337 e. The molecule has 4 nitrogen and oxygen atoms in total. The van der Waals surface area contributed by atoms with Crippen LogP contribution in [0.2, 0.25) is 0 Å². The summed E-state index contributed by atoms with van der Waals surface area (Å²) in [7, 11) is 0. The number of hydrogen-bond donors (Lipinski definition) is 1. The van der Waals surface area contributed by atoms with Crippen LogP contribution in [0.4, 0.5) is 0 Å². The van der Waals surface area contributed by atoms with Gasteiger partial charge >= 0.3 is 5.97 Å². The first-order valence-electron chi connectivity index (χ1n) is 4.91. The molecule has 0 amide bonds. The van der Waals surface area contributed by atoms with Crippen molar-refractivity contribution in [2.24, 2.45) is 0 Å². The quantitative estimate of drug-likeness (QED) is 0.801. The topological polar surface area (TPSA) is 55.1 Å². The highest BCUT2D eigenvalue weighted by atomic mass is 16.4. The molecule has 2 rings (SSSR count). The van der Waals surface area contributed by atoms with Crippen molar-refractivity contribution in [2.75, 3.05) is 0 Å². The highest BCUT2D eigenvalue weighted by Crippen LogP contribution is 2.19. The second-order valence-corrected chi connectivity index (χ2v) is 3.81. The van der Waals surface area contributed by atoms with E-state index >= 15 is 0 Å². The summed E-state index contributed by atoms with van der Waals surface area (Å²) in [6, 6.07) is 3.50. The lowest BCUT2D eigenvalue weighted by molar-refractivity contribution is 0.0699. The number of allylic oxidation sites excluding steroid dienone is 1. The molecule has 0 aliphatic heterocycles. The fourth-order valence-electron chi connectivity index (χ4n) is 1.70. The monoisotopic (exact) mass is 216 g/mol. The molecule has 0 fully saturated rings. The van der Waals surface area contributed by atoms with Crippen LogP contribution in [0.1, 0.15) is 17.3 Å². The van der Waals surface area contributed by atoms with E-state index in [-0.39, 0.29) is 5.56 Å². The van der Waals surface area contributed by atoms with Crippen LogP contribution in [0, 0.1) is 0 Å². The van der Waals surface area contributed by atoms with Crippen molar-refractivity contribution in [1.29, 1.82) is 0 Å². The van der Waals surface area contributed by atoms with E-state index in [0.717, 1.165) is 5.57 Å². The summed E-state index contributed by atoms with van der Waals surface area (Å²) in [5.74, 6) is -0.932. The first-order valence-corrected chi connectivity index (χ1v) is 4.91. The Hall–Kier alpha value is -2.10. The van der Waals surface area contributed by atoms with E-state index in [9.17, 15) is 4.79 Å². The van der Waals surface area contributed by atoms with Gasteiger partial charge in [0, 0.05) is 24.3 Å². The third kappa shape index (κ3) is 1.69. The summed E-state index contributed by atoms with van der Waals surface area (Å²) < 4.78 is 1.81. The van der Waals surface area contributed by atoms with E-state index < -0.39 is 5.97 Å². The number of hydrogen-bond acceptors (Lipinski definition) is 2. The summed E-state index contributed by atoms with van der Waals surface area (Å²) in [6.45, 7) is 6.30. The van der Waals surface area contributed by atoms with Crippen LogP contribution in [-0.2, 0) is 6.54 Å². The van der Waals surface area contributed by atoms with E-state index in [1.54, 1.807) is 29.1 Å². The molecular weight excluding hydrogens is 204 g/mol. The van der Waals surface area contributed by atoms with E-state index in [4.69, 9.17) is 5.11 Å². The SMILES string of the molecule is C=C(C)Cn1cc(C(=O)O)c2cccnc21. The maximum atomic E-state index is 11.1. The molecule has 2 heterocycles. The number of pyridine rings is 1. The summed E-state index contributed by atoms with van der Waals surface area (Å²) >= 11 is 0. The minimum atomic E-state index is -0.932. The van der Waals surface area contributed by atoms with Gasteiger partial charge in [-0.05, 0) is 19.1 Å². The third-order valence-corrected chi connectivity index (χ3v) is 2.30. The van der Waals surface area contributed by atoms with Crippen molar-refractivity contribution in [2.45, 2.75) is 13.5 Å². The van der Waals surface area contributed by atoms with Gasteiger partial charge in [-0.15, -0.1) is 0 Å². The minimum absolute atomic E-state index is 0.282. The molecule has 0 saturated heterocycles. The molecular formula is C12H12N2O2. The van der Waals surface area contributed by atoms with Gasteiger partial charge in [-0.3, -0.25) is 0 Å². The molecule has 0 aliphatic carbocycles. The van der Waals surface area contributed by atoms with Crippen molar-refractivity contribution in [1.82, 2.24) is 9.55 Å². The molecule has 4 heteroatoms. The van der Waals surface area contributed by atoms with Gasteiger partial charge in [0.25, 0.3) is 0 Å². The minimum Gasteiger partial charge on any atom is -0.478 e. The average molecular weight is 216 g/mol. The van der Waals surface area contributed by atoms with Gasteiger partial charge < -0.3 is 9.67 Å². The van der Waals surface area contributed by atoms with Gasteiger partial charge in [-0.2, -0.15) is 0 Å². The highest BCUT2D eigenvalue weighted by Gasteiger charge is 2.14. The van der Waals surface area contributed by atoms with Crippen LogP contribution in [0.5, 0.6) is 0 Å². The van der Waals surface area contributed by atoms with Crippen molar-refractivity contribution in [3.63, 3.8) is 0 Å². The Bertz CT molecular complexity index is 569. The van der Waals surface area contributed by atoms with Gasteiger partial charge in [-0.1, -0.05) is 12.2 Å². The number of nitrogens with zero attached hydrogens (tertiary/aromatic N) is 2. The Labute approximate surface area is 92.8 Å². The Morgan fingerprint density at radius 1 is 1.62 bits per heavy atom. The van der Waals surface area contributed by atoms with Crippen molar-refractivity contribution >= 4 is 17.0 Å². The molecule has 2 aromatic heterocycles. The van der Waals surface area contributed by atoms with Crippen LogP contribution in [-0.4, -0.2) is 20.6 Å². The van der Waals surface area contributed by atoms with Crippen molar-refractivity contribution in [3.05, 3.63) is 42.2 Å². The summed E-state index contributed by atoms with van der Waals surface area (Å²) in [5.41, 5.74) is 1.92. The Morgan fingerprint density at radius 2 is 2.38 bits per heavy atom. The predicted molar refractivity (Wildman–Crippen MR) is 61.5 cm³/mol. The zero-order chi connectivity index (χ0) is 11.7. The number of carbonyl (C=O) groups is 1. The largest absolute Gasteiger partial charge is 0.478 e. The number of carboxylic acid groups (broad SMARTS) is 1. The van der Waals surface area contributed by atoms with Crippen LogP contribution in [0.25, 0.3) is 11.0 Å². The fourth-order valence-corrected chi connectivity index (χ4v) is 1.70. The van der Waals surface area contributed by atoms with Gasteiger partial charge in [0.2, 0.25) is 0 Å². The zero-order valence-corrected chi connectivity index (χ0v) is 8.97. The molecule has 2 aromatic rings. The lowest BCUT2D eigenvalue weighted by Crippen LogP contribution is -1.98. The summed E-state index contributed by atoms with van der Waals surface area (Å²) in [4.78, 5) is 15.2. The molecule has 1 N–H and O–H groups in total. The first kappa shape index (κ1) is 10.4. The van der Waals surface area contributed by atoms with Crippen molar-refractivity contribution in [3.8, 4) is 0 Å². The average Bonchev–Trinajstić information content (AvgIpc) is 2.57. The summed E-state index contributed by atoms with van der Waals surface area (Å²) in [6.07, 6.45) is 3.26. The Morgan fingerprint density at radius 3 is 3.00 bits per heavy atom. The van der Waals surface area contributed by atoms with Gasteiger partial charge in [0.05, 0.1) is 5.56 Å². The van der Waals surface area contributed by atoms with Gasteiger partial charge in [0.1, 0.15) is 5.65 Å². The molecule has 0 spiro atoms. The number of rotatable bonds is 3. The molecule has 82 valence electrons. The van der Waals surface area contributed by atoms with E-state index in [2.05, 4.69) is 11.6 Å². The Balaban J connectivity index is 2.66. The number of fused-ring (bicyclic) bond motifs is 1. The molecule has 0 bridgehead atoms. The van der Waals surface area contributed by atoms with E-state index in [1.165, 1.54) is 0 Å². The highest BCUT2D eigenvalue weighted by molar-refractivity contribution is 6.02. The molecule has 0 saturated carbocycles. The van der Waals surface area contributed by atoms with Crippen LogP contribution < -0.4 is 0 Å². The molecule has 0 aliphatic rings. The summed E-state index contributed by atoms with van der Waals surface area (Å²) in [5, 5.41) is 9.73. The number of aromatic nitrogens is 2. The first-order chi connectivity index (χ1) is 7.59. The molecule has 16 heavy (non-hydrogen) atoms. The van der Waals surface area contributed by atoms with Crippen LogP contribution in [0.3, 0.4) is 0 Å². The third-order valence-electron chi connectivity index (χ3n) is 2.30. The zero-order valence-electron chi connectivity index (χ0n) is 8.97. The van der Waals surface area contributed by atoms with E-state index in [1.807, 2.05) is 6.92 Å². The maximum absolute atomic E-state index is 11.1. The second-order valence-electron chi connectivity index (χ2n) is 3.81.